The SMILES string of the molecule is O.O=P(O)(O)OC[C@H]1O[C@](O)(CO)[C@@H](O)[C@@H]1O. The molecule has 1 fully saturated rings. The van der Waals surface area contributed by atoms with Gasteiger partial charge in [-0.25, -0.2) is 4.57 Å². The topological polar surface area (TPSA) is 188 Å². The highest BCUT2D eigenvalue weighted by atomic mass is 31.2. The van der Waals surface area contributed by atoms with E-state index in [1.165, 1.54) is 0 Å². The van der Waals surface area contributed by atoms with Crippen molar-refractivity contribution in [3.8, 4) is 0 Å². The van der Waals surface area contributed by atoms with Crippen LogP contribution in [0.4, 0.5) is 0 Å². The van der Waals surface area contributed by atoms with Crippen LogP contribution in [0.15, 0.2) is 0 Å². The van der Waals surface area contributed by atoms with Crippen molar-refractivity contribution in [2.24, 2.45) is 0 Å². The number of hydrogen-bond acceptors (Lipinski definition) is 7. The highest BCUT2D eigenvalue weighted by Crippen LogP contribution is 2.38. The van der Waals surface area contributed by atoms with Gasteiger partial charge in [-0.15, -0.1) is 0 Å². The molecule has 4 atom stereocenters. The van der Waals surface area contributed by atoms with Gasteiger partial charge < -0.3 is 40.4 Å². The summed E-state index contributed by atoms with van der Waals surface area (Å²) in [6, 6.07) is 0. The molecular formula is C6H15O10P. The van der Waals surface area contributed by atoms with E-state index in [1.54, 1.807) is 0 Å². The molecule has 0 aromatic carbocycles. The predicted octanol–water partition coefficient (Wildman–Crippen LogP) is -3.93. The Bertz CT molecular complexity index is 291. The Kier molecular flexibility index (Phi) is 5.63. The molecule has 0 radical (unpaired) electrons. The van der Waals surface area contributed by atoms with Gasteiger partial charge >= 0.3 is 7.82 Å². The molecule has 0 aromatic heterocycles. The number of phosphoric ester groups is 1. The van der Waals surface area contributed by atoms with Crippen molar-refractivity contribution in [1.82, 2.24) is 0 Å². The second-order valence-electron chi connectivity index (χ2n) is 3.38. The largest absolute Gasteiger partial charge is 0.469 e. The van der Waals surface area contributed by atoms with Gasteiger partial charge in [-0.3, -0.25) is 4.52 Å². The van der Waals surface area contributed by atoms with E-state index < -0.39 is 45.1 Å². The fraction of sp³-hybridized carbons (Fsp3) is 1.00. The molecule has 11 heteroatoms. The third-order valence-corrected chi connectivity index (χ3v) is 2.64. The quantitative estimate of drug-likeness (QED) is 0.279. The Hall–Kier alpha value is -0.130. The van der Waals surface area contributed by atoms with Crippen LogP contribution < -0.4 is 0 Å². The van der Waals surface area contributed by atoms with Gasteiger partial charge in [0.1, 0.15) is 18.3 Å². The molecule has 0 aromatic rings. The molecule has 17 heavy (non-hydrogen) atoms. The van der Waals surface area contributed by atoms with Crippen LogP contribution >= 0.6 is 7.82 Å². The van der Waals surface area contributed by atoms with Crippen molar-refractivity contribution in [2.75, 3.05) is 13.2 Å². The number of aliphatic hydroxyl groups is 4. The molecule has 1 saturated heterocycles. The Balaban J connectivity index is 0.00000256. The number of aliphatic hydroxyl groups excluding tert-OH is 3. The lowest BCUT2D eigenvalue weighted by atomic mass is 10.1. The molecule has 10 nitrogen and oxygen atoms in total. The van der Waals surface area contributed by atoms with Crippen molar-refractivity contribution in [2.45, 2.75) is 24.1 Å². The summed E-state index contributed by atoms with van der Waals surface area (Å²) in [4.78, 5) is 16.8. The number of rotatable bonds is 4. The first-order chi connectivity index (χ1) is 7.19. The second kappa shape index (κ2) is 5.67. The third-order valence-electron chi connectivity index (χ3n) is 2.16. The molecule has 0 aliphatic carbocycles. The monoisotopic (exact) mass is 278 g/mol. The highest BCUT2D eigenvalue weighted by Gasteiger charge is 2.53. The van der Waals surface area contributed by atoms with Crippen LogP contribution in [0.1, 0.15) is 0 Å². The average Bonchev–Trinajstić information content (AvgIpc) is 2.40. The molecular weight excluding hydrogens is 263 g/mol. The zero-order chi connectivity index (χ0) is 12.6. The van der Waals surface area contributed by atoms with Crippen molar-refractivity contribution in [3.63, 3.8) is 0 Å². The van der Waals surface area contributed by atoms with Gasteiger partial charge in [0.2, 0.25) is 5.79 Å². The van der Waals surface area contributed by atoms with Gasteiger partial charge in [0.15, 0.2) is 0 Å². The van der Waals surface area contributed by atoms with E-state index in [9.17, 15) is 19.9 Å². The molecule has 1 rings (SSSR count). The van der Waals surface area contributed by atoms with Gasteiger partial charge in [-0.2, -0.15) is 0 Å². The van der Waals surface area contributed by atoms with Gasteiger partial charge in [0.25, 0.3) is 0 Å². The van der Waals surface area contributed by atoms with Crippen LogP contribution in [0.5, 0.6) is 0 Å². The summed E-state index contributed by atoms with van der Waals surface area (Å²) in [5.41, 5.74) is 0. The summed E-state index contributed by atoms with van der Waals surface area (Å²) in [5, 5.41) is 36.7. The number of hydrogen-bond donors (Lipinski definition) is 6. The molecule has 0 bridgehead atoms. The number of ether oxygens (including phenoxy) is 1. The zero-order valence-corrected chi connectivity index (χ0v) is 9.40. The first-order valence-corrected chi connectivity index (χ1v) is 5.80. The zero-order valence-electron chi connectivity index (χ0n) is 8.50. The lowest BCUT2D eigenvalue weighted by molar-refractivity contribution is -0.247. The molecule has 104 valence electrons. The minimum Gasteiger partial charge on any atom is -0.412 e. The van der Waals surface area contributed by atoms with E-state index in [4.69, 9.17) is 14.9 Å². The summed E-state index contributed by atoms with van der Waals surface area (Å²) < 4.78 is 19.1. The normalized spacial score (nSPS) is 37.9. The first kappa shape index (κ1) is 16.9. The minimum absolute atomic E-state index is 0. The maximum atomic E-state index is 10.4. The minimum atomic E-state index is -4.73. The number of phosphoric acid groups is 1. The van der Waals surface area contributed by atoms with Gasteiger partial charge in [-0.05, 0) is 0 Å². The summed E-state index contributed by atoms with van der Waals surface area (Å²) in [6.07, 6.45) is -4.76. The molecule has 1 heterocycles. The molecule has 8 N–H and O–H groups in total. The van der Waals surface area contributed by atoms with Crippen molar-refractivity contribution in [1.29, 1.82) is 0 Å². The van der Waals surface area contributed by atoms with E-state index >= 15 is 0 Å². The molecule has 0 amide bonds. The maximum Gasteiger partial charge on any atom is 0.469 e. The van der Waals surface area contributed by atoms with Crippen LogP contribution in [-0.2, 0) is 13.8 Å². The van der Waals surface area contributed by atoms with Crippen LogP contribution in [0, 0.1) is 0 Å². The fourth-order valence-electron chi connectivity index (χ4n) is 1.31. The Morgan fingerprint density at radius 3 is 2.24 bits per heavy atom. The molecule has 0 unspecified atom stereocenters. The van der Waals surface area contributed by atoms with Crippen LogP contribution in [0.25, 0.3) is 0 Å². The van der Waals surface area contributed by atoms with Crippen molar-refractivity contribution in [3.05, 3.63) is 0 Å². The van der Waals surface area contributed by atoms with E-state index in [-0.39, 0.29) is 5.48 Å². The van der Waals surface area contributed by atoms with E-state index in [0.29, 0.717) is 0 Å². The Morgan fingerprint density at radius 1 is 1.35 bits per heavy atom. The summed E-state index contributed by atoms with van der Waals surface area (Å²) in [5.74, 6) is -2.36. The van der Waals surface area contributed by atoms with E-state index in [0.717, 1.165) is 0 Å². The summed E-state index contributed by atoms with van der Waals surface area (Å²) in [6.45, 7) is -1.71. The smallest absolute Gasteiger partial charge is 0.412 e. The average molecular weight is 278 g/mol. The summed E-state index contributed by atoms with van der Waals surface area (Å²) >= 11 is 0. The molecule has 0 saturated carbocycles. The van der Waals surface area contributed by atoms with Gasteiger partial charge in [0.05, 0.1) is 13.2 Å². The Morgan fingerprint density at radius 2 is 1.88 bits per heavy atom. The van der Waals surface area contributed by atoms with E-state index in [2.05, 4.69) is 9.26 Å². The first-order valence-electron chi connectivity index (χ1n) is 4.27. The molecule has 1 aliphatic rings. The van der Waals surface area contributed by atoms with Crippen molar-refractivity contribution >= 4 is 7.82 Å². The second-order valence-corrected chi connectivity index (χ2v) is 4.62. The van der Waals surface area contributed by atoms with Gasteiger partial charge in [-0.1, -0.05) is 0 Å². The molecule has 1 aliphatic heterocycles. The van der Waals surface area contributed by atoms with Crippen LogP contribution in [0.2, 0.25) is 0 Å². The van der Waals surface area contributed by atoms with Gasteiger partial charge in [0, 0.05) is 0 Å². The standard InChI is InChI=1S/C6H13O9P.H2O/c7-2-6(10)5(9)4(8)3(15-6)1-14-16(11,12)13;/h3-5,7-10H,1-2H2,(H2,11,12,13);1H2/t3-,4-,5+,6-;/m1./s1. The van der Waals surface area contributed by atoms with Crippen LogP contribution in [-0.4, -0.2) is 73.0 Å². The maximum absolute atomic E-state index is 10.4. The van der Waals surface area contributed by atoms with Crippen LogP contribution in [0.3, 0.4) is 0 Å². The molecule has 0 spiro atoms. The lowest BCUT2D eigenvalue weighted by Crippen LogP contribution is -2.46. The lowest BCUT2D eigenvalue weighted by Gasteiger charge is -2.22. The predicted molar refractivity (Wildman–Crippen MR) is 50.5 cm³/mol. The third kappa shape index (κ3) is 3.93. The van der Waals surface area contributed by atoms with Crippen molar-refractivity contribution < 1.29 is 49.5 Å². The highest BCUT2D eigenvalue weighted by molar-refractivity contribution is 7.46. The fourth-order valence-corrected chi connectivity index (χ4v) is 1.65. The summed E-state index contributed by atoms with van der Waals surface area (Å²) in [7, 11) is -4.73. The van der Waals surface area contributed by atoms with E-state index in [1.807, 2.05) is 0 Å². The Labute approximate surface area is 95.6 Å².